The fourth-order valence-electron chi connectivity index (χ4n) is 1.42. The van der Waals surface area contributed by atoms with Crippen LogP contribution in [0.4, 0.5) is 0 Å². The zero-order chi connectivity index (χ0) is 12.3. The van der Waals surface area contributed by atoms with Crippen LogP contribution in [0.1, 0.15) is 25.6 Å². The molecule has 0 aliphatic carbocycles. The van der Waals surface area contributed by atoms with Crippen molar-refractivity contribution >= 4 is 0 Å². The predicted octanol–water partition coefficient (Wildman–Crippen LogP) is 0.215. The number of likely N-dealkylation sites (N-methyl/N-ethyl adjacent to an activating group) is 1. The molecule has 1 atom stereocenters. The number of nitrogens with two attached hydrogens (primary N) is 1. The lowest BCUT2D eigenvalue weighted by atomic mass is 10.0. The standard InChI is InChI=1S/C11H22N4O/c1-11(2,14(3)4)7-15-8-13-5-10(15)9(12)6-16/h5,8-9,16H,6-7,12H2,1-4H3. The fourth-order valence-corrected chi connectivity index (χ4v) is 1.42. The molecule has 1 aromatic rings. The summed E-state index contributed by atoms with van der Waals surface area (Å²) in [4.78, 5) is 6.24. The van der Waals surface area contributed by atoms with Gasteiger partial charge in [-0.2, -0.15) is 0 Å². The first-order valence-electron chi connectivity index (χ1n) is 5.42. The van der Waals surface area contributed by atoms with Crippen LogP contribution in [0.2, 0.25) is 0 Å². The molecule has 16 heavy (non-hydrogen) atoms. The van der Waals surface area contributed by atoms with Crippen LogP contribution >= 0.6 is 0 Å². The quantitative estimate of drug-likeness (QED) is 0.753. The summed E-state index contributed by atoms with van der Waals surface area (Å²) in [6, 6.07) is -0.361. The molecule has 0 bridgehead atoms. The van der Waals surface area contributed by atoms with Gasteiger partial charge in [0.05, 0.1) is 24.7 Å². The highest BCUT2D eigenvalue weighted by atomic mass is 16.3. The number of nitrogens with zero attached hydrogens (tertiary/aromatic N) is 3. The van der Waals surface area contributed by atoms with E-state index in [9.17, 15) is 0 Å². The second kappa shape index (κ2) is 4.95. The summed E-state index contributed by atoms with van der Waals surface area (Å²) in [5.41, 5.74) is 6.70. The minimum absolute atomic E-state index is 0.0185. The van der Waals surface area contributed by atoms with E-state index in [4.69, 9.17) is 10.8 Å². The Balaban J connectivity index is 2.86. The van der Waals surface area contributed by atoms with E-state index in [1.54, 1.807) is 12.5 Å². The molecule has 0 saturated carbocycles. The monoisotopic (exact) mass is 226 g/mol. The van der Waals surface area contributed by atoms with Gasteiger partial charge in [-0.1, -0.05) is 0 Å². The highest BCUT2D eigenvalue weighted by Gasteiger charge is 2.23. The second-order valence-corrected chi connectivity index (χ2v) is 4.94. The lowest BCUT2D eigenvalue weighted by Gasteiger charge is -2.33. The van der Waals surface area contributed by atoms with Crippen molar-refractivity contribution in [1.29, 1.82) is 0 Å². The first-order valence-corrected chi connectivity index (χ1v) is 5.42. The number of imidazole rings is 1. The molecule has 0 fully saturated rings. The van der Waals surface area contributed by atoms with Crippen molar-refractivity contribution in [1.82, 2.24) is 14.5 Å². The molecule has 1 heterocycles. The summed E-state index contributed by atoms with van der Waals surface area (Å²) in [5, 5.41) is 9.06. The number of aliphatic hydroxyl groups is 1. The molecule has 0 aliphatic rings. The Morgan fingerprint density at radius 2 is 2.19 bits per heavy atom. The van der Waals surface area contributed by atoms with E-state index < -0.39 is 0 Å². The van der Waals surface area contributed by atoms with Gasteiger partial charge in [0, 0.05) is 18.3 Å². The van der Waals surface area contributed by atoms with E-state index in [0.29, 0.717) is 0 Å². The van der Waals surface area contributed by atoms with E-state index in [2.05, 4.69) is 23.7 Å². The summed E-state index contributed by atoms with van der Waals surface area (Å²) in [7, 11) is 4.09. The molecule has 1 rings (SSSR count). The van der Waals surface area contributed by atoms with Gasteiger partial charge in [-0.05, 0) is 27.9 Å². The van der Waals surface area contributed by atoms with Crippen LogP contribution in [-0.4, -0.2) is 45.8 Å². The van der Waals surface area contributed by atoms with Crippen LogP contribution < -0.4 is 5.73 Å². The molecule has 1 unspecified atom stereocenters. The Kier molecular flexibility index (Phi) is 4.07. The maximum Gasteiger partial charge on any atom is 0.0949 e. The van der Waals surface area contributed by atoms with Gasteiger partial charge < -0.3 is 20.3 Å². The van der Waals surface area contributed by atoms with E-state index in [-0.39, 0.29) is 18.2 Å². The summed E-state index contributed by atoms with van der Waals surface area (Å²) in [6.45, 7) is 5.04. The first kappa shape index (κ1) is 13.2. The average molecular weight is 226 g/mol. The molecule has 0 aliphatic heterocycles. The summed E-state index contributed by atoms with van der Waals surface area (Å²) in [5.74, 6) is 0. The SMILES string of the molecule is CN(C)C(C)(C)Cn1cncc1C(N)CO. The summed E-state index contributed by atoms with van der Waals surface area (Å²) < 4.78 is 2.00. The third-order valence-electron chi connectivity index (χ3n) is 3.09. The molecule has 3 N–H and O–H groups in total. The van der Waals surface area contributed by atoms with Gasteiger partial charge in [-0.15, -0.1) is 0 Å². The average Bonchev–Trinajstić information content (AvgIpc) is 2.63. The molecule has 0 radical (unpaired) electrons. The Morgan fingerprint density at radius 1 is 1.56 bits per heavy atom. The maximum atomic E-state index is 9.06. The highest BCUT2D eigenvalue weighted by molar-refractivity contribution is 5.05. The second-order valence-electron chi connectivity index (χ2n) is 4.94. The Labute approximate surface area is 96.9 Å². The minimum atomic E-state index is -0.361. The number of aliphatic hydroxyl groups excluding tert-OH is 1. The molecule has 0 saturated heterocycles. The third kappa shape index (κ3) is 2.81. The van der Waals surface area contributed by atoms with Crippen LogP contribution in [0.5, 0.6) is 0 Å². The van der Waals surface area contributed by atoms with Crippen LogP contribution in [0.25, 0.3) is 0 Å². The third-order valence-corrected chi connectivity index (χ3v) is 3.09. The fraction of sp³-hybridized carbons (Fsp3) is 0.727. The Morgan fingerprint density at radius 3 is 2.69 bits per heavy atom. The van der Waals surface area contributed by atoms with E-state index in [1.165, 1.54) is 0 Å². The lowest BCUT2D eigenvalue weighted by Crippen LogP contribution is -2.42. The number of hydrogen-bond acceptors (Lipinski definition) is 4. The van der Waals surface area contributed by atoms with Crippen LogP contribution in [0, 0.1) is 0 Å². The van der Waals surface area contributed by atoms with Crippen LogP contribution in [0.3, 0.4) is 0 Å². The molecule has 5 heteroatoms. The maximum absolute atomic E-state index is 9.06. The summed E-state index contributed by atoms with van der Waals surface area (Å²) >= 11 is 0. The molecule has 0 spiro atoms. The van der Waals surface area contributed by atoms with Gasteiger partial charge in [-0.3, -0.25) is 0 Å². The Hall–Kier alpha value is -0.910. The normalized spacial score (nSPS) is 14.4. The van der Waals surface area contributed by atoms with Gasteiger partial charge in [0.1, 0.15) is 0 Å². The van der Waals surface area contributed by atoms with Crippen molar-refractivity contribution in [3.05, 3.63) is 18.2 Å². The largest absolute Gasteiger partial charge is 0.394 e. The number of rotatable bonds is 5. The van der Waals surface area contributed by atoms with Gasteiger partial charge in [0.25, 0.3) is 0 Å². The molecule has 1 aromatic heterocycles. The molecule has 92 valence electrons. The lowest BCUT2D eigenvalue weighted by molar-refractivity contribution is 0.166. The molecule has 5 nitrogen and oxygen atoms in total. The minimum Gasteiger partial charge on any atom is -0.394 e. The van der Waals surface area contributed by atoms with Crippen molar-refractivity contribution < 1.29 is 5.11 Å². The molecule has 0 amide bonds. The van der Waals surface area contributed by atoms with Crippen molar-refractivity contribution in [3.8, 4) is 0 Å². The van der Waals surface area contributed by atoms with E-state index in [1.807, 2.05) is 18.7 Å². The number of aromatic nitrogens is 2. The predicted molar refractivity (Wildman–Crippen MR) is 64.0 cm³/mol. The smallest absolute Gasteiger partial charge is 0.0949 e. The van der Waals surface area contributed by atoms with Crippen LogP contribution in [-0.2, 0) is 6.54 Å². The highest BCUT2D eigenvalue weighted by Crippen LogP contribution is 2.17. The van der Waals surface area contributed by atoms with Gasteiger partial charge in [0.2, 0.25) is 0 Å². The van der Waals surface area contributed by atoms with Crippen LogP contribution in [0.15, 0.2) is 12.5 Å². The van der Waals surface area contributed by atoms with Crippen molar-refractivity contribution in [3.63, 3.8) is 0 Å². The van der Waals surface area contributed by atoms with Gasteiger partial charge >= 0.3 is 0 Å². The molecule has 0 aromatic carbocycles. The first-order chi connectivity index (χ1) is 7.38. The summed E-state index contributed by atoms with van der Waals surface area (Å²) in [6.07, 6.45) is 3.47. The van der Waals surface area contributed by atoms with Crippen molar-refractivity contribution in [2.24, 2.45) is 5.73 Å². The van der Waals surface area contributed by atoms with Gasteiger partial charge in [-0.25, -0.2) is 4.98 Å². The Bertz CT molecular complexity index is 332. The molecular formula is C11H22N4O. The van der Waals surface area contributed by atoms with Crippen molar-refractivity contribution in [2.45, 2.75) is 32.0 Å². The topological polar surface area (TPSA) is 67.3 Å². The molecular weight excluding hydrogens is 204 g/mol. The number of hydrogen-bond donors (Lipinski definition) is 2. The zero-order valence-corrected chi connectivity index (χ0v) is 10.5. The van der Waals surface area contributed by atoms with E-state index >= 15 is 0 Å². The van der Waals surface area contributed by atoms with Crippen molar-refractivity contribution in [2.75, 3.05) is 20.7 Å². The zero-order valence-electron chi connectivity index (χ0n) is 10.5. The van der Waals surface area contributed by atoms with E-state index in [0.717, 1.165) is 12.2 Å². The van der Waals surface area contributed by atoms with Gasteiger partial charge in [0.15, 0.2) is 0 Å².